The van der Waals surface area contributed by atoms with Crippen molar-refractivity contribution < 1.29 is 5.11 Å². The van der Waals surface area contributed by atoms with E-state index in [2.05, 4.69) is 15.4 Å². The number of hydrogen-bond acceptors (Lipinski definition) is 3. The number of nitrogens with one attached hydrogen (secondary N) is 1. The molecule has 0 spiro atoms. The zero-order valence-corrected chi connectivity index (χ0v) is 9.54. The van der Waals surface area contributed by atoms with E-state index in [1.54, 1.807) is 12.1 Å². The molecule has 88 valence electrons. The Labute approximate surface area is 104 Å². The largest absolute Gasteiger partial charge is 0.508 e. The molecule has 0 fully saturated rings. The van der Waals surface area contributed by atoms with Crippen molar-refractivity contribution in [2.45, 2.75) is 0 Å². The molecule has 2 aromatic carbocycles. The van der Waals surface area contributed by atoms with Gasteiger partial charge in [0, 0.05) is 11.1 Å². The molecule has 4 heteroatoms. The van der Waals surface area contributed by atoms with Gasteiger partial charge < -0.3 is 5.11 Å². The quantitative estimate of drug-likeness (QED) is 0.720. The highest BCUT2D eigenvalue weighted by Crippen LogP contribution is 2.28. The SMILES string of the molecule is Oc1ccc(-c2n[nH]nc2-c2ccccc2)cc1. The highest BCUT2D eigenvalue weighted by molar-refractivity contribution is 5.77. The van der Waals surface area contributed by atoms with E-state index in [0.29, 0.717) is 0 Å². The van der Waals surface area contributed by atoms with Gasteiger partial charge in [0.05, 0.1) is 0 Å². The van der Waals surface area contributed by atoms with Gasteiger partial charge >= 0.3 is 0 Å². The van der Waals surface area contributed by atoms with Gasteiger partial charge in [0.1, 0.15) is 17.1 Å². The van der Waals surface area contributed by atoms with Crippen LogP contribution in [0, 0.1) is 0 Å². The van der Waals surface area contributed by atoms with Crippen LogP contribution in [0.25, 0.3) is 22.5 Å². The zero-order valence-electron chi connectivity index (χ0n) is 9.54. The van der Waals surface area contributed by atoms with Crippen LogP contribution in [0.1, 0.15) is 0 Å². The van der Waals surface area contributed by atoms with Crippen molar-refractivity contribution in [3.8, 4) is 28.3 Å². The van der Waals surface area contributed by atoms with Gasteiger partial charge in [-0.2, -0.15) is 15.4 Å². The van der Waals surface area contributed by atoms with Crippen molar-refractivity contribution in [2.75, 3.05) is 0 Å². The summed E-state index contributed by atoms with van der Waals surface area (Å²) in [6.07, 6.45) is 0. The summed E-state index contributed by atoms with van der Waals surface area (Å²) >= 11 is 0. The molecule has 0 aliphatic heterocycles. The maximum atomic E-state index is 9.30. The minimum atomic E-state index is 0.239. The number of aromatic nitrogens is 3. The predicted octanol–water partition coefficient (Wildman–Crippen LogP) is 2.84. The Bertz CT molecular complexity index is 644. The van der Waals surface area contributed by atoms with Crippen molar-refractivity contribution >= 4 is 0 Å². The summed E-state index contributed by atoms with van der Waals surface area (Å²) in [5, 5.41) is 20.3. The second kappa shape index (κ2) is 4.33. The van der Waals surface area contributed by atoms with Gasteiger partial charge in [-0.1, -0.05) is 30.3 Å². The van der Waals surface area contributed by atoms with Crippen LogP contribution < -0.4 is 0 Å². The Hall–Kier alpha value is -2.62. The Morgan fingerprint density at radius 1 is 0.722 bits per heavy atom. The van der Waals surface area contributed by atoms with Gasteiger partial charge in [-0.25, -0.2) is 0 Å². The number of aromatic amines is 1. The van der Waals surface area contributed by atoms with E-state index >= 15 is 0 Å². The van der Waals surface area contributed by atoms with Gasteiger partial charge in [0.25, 0.3) is 0 Å². The molecule has 0 aliphatic carbocycles. The van der Waals surface area contributed by atoms with E-state index in [1.807, 2.05) is 42.5 Å². The van der Waals surface area contributed by atoms with Gasteiger partial charge in [-0.05, 0) is 24.3 Å². The third-order valence-electron chi connectivity index (χ3n) is 2.74. The van der Waals surface area contributed by atoms with Crippen molar-refractivity contribution in [2.24, 2.45) is 0 Å². The van der Waals surface area contributed by atoms with E-state index in [4.69, 9.17) is 0 Å². The lowest BCUT2D eigenvalue weighted by molar-refractivity contribution is 0.475. The van der Waals surface area contributed by atoms with E-state index in [-0.39, 0.29) is 5.75 Å². The third kappa shape index (κ3) is 1.84. The summed E-state index contributed by atoms with van der Waals surface area (Å²) in [5.41, 5.74) is 3.51. The molecule has 3 aromatic rings. The Kier molecular flexibility index (Phi) is 2.53. The third-order valence-corrected chi connectivity index (χ3v) is 2.74. The van der Waals surface area contributed by atoms with Gasteiger partial charge in [-0.3, -0.25) is 0 Å². The number of rotatable bonds is 2. The summed E-state index contributed by atoms with van der Waals surface area (Å²) in [6.45, 7) is 0. The van der Waals surface area contributed by atoms with E-state index in [1.165, 1.54) is 0 Å². The molecule has 0 aliphatic rings. The van der Waals surface area contributed by atoms with Crippen LogP contribution in [0.5, 0.6) is 5.75 Å². The van der Waals surface area contributed by atoms with Crippen LogP contribution in [-0.2, 0) is 0 Å². The number of phenolic OH excluding ortho intramolecular Hbond substituents is 1. The fourth-order valence-corrected chi connectivity index (χ4v) is 1.85. The number of nitrogens with zero attached hydrogens (tertiary/aromatic N) is 2. The van der Waals surface area contributed by atoms with Crippen molar-refractivity contribution in [3.63, 3.8) is 0 Å². The fourth-order valence-electron chi connectivity index (χ4n) is 1.85. The van der Waals surface area contributed by atoms with Gasteiger partial charge in [-0.15, -0.1) is 0 Å². The normalized spacial score (nSPS) is 10.4. The topological polar surface area (TPSA) is 61.8 Å². The second-order valence-electron chi connectivity index (χ2n) is 3.93. The molecule has 0 radical (unpaired) electrons. The first kappa shape index (κ1) is 10.5. The number of hydrogen-bond donors (Lipinski definition) is 2. The molecule has 0 saturated heterocycles. The molecular formula is C14H11N3O. The van der Waals surface area contributed by atoms with Gasteiger partial charge in [0.15, 0.2) is 0 Å². The van der Waals surface area contributed by atoms with Crippen molar-refractivity contribution in [1.82, 2.24) is 15.4 Å². The van der Waals surface area contributed by atoms with Gasteiger partial charge in [0.2, 0.25) is 0 Å². The number of aromatic hydroxyl groups is 1. The fraction of sp³-hybridized carbons (Fsp3) is 0. The van der Waals surface area contributed by atoms with Crippen LogP contribution >= 0.6 is 0 Å². The summed E-state index contributed by atoms with van der Waals surface area (Å²) in [5.74, 6) is 0.239. The number of benzene rings is 2. The first-order valence-corrected chi connectivity index (χ1v) is 5.60. The van der Waals surface area contributed by atoms with Crippen LogP contribution in [0.2, 0.25) is 0 Å². The molecular weight excluding hydrogens is 226 g/mol. The molecule has 1 aromatic heterocycles. The minimum absolute atomic E-state index is 0.239. The number of phenols is 1. The molecule has 0 saturated carbocycles. The summed E-state index contributed by atoms with van der Waals surface area (Å²) < 4.78 is 0. The molecule has 4 nitrogen and oxygen atoms in total. The average molecular weight is 237 g/mol. The van der Waals surface area contributed by atoms with Crippen molar-refractivity contribution in [3.05, 3.63) is 54.6 Å². The smallest absolute Gasteiger partial charge is 0.120 e. The molecule has 3 rings (SSSR count). The Morgan fingerprint density at radius 2 is 1.28 bits per heavy atom. The minimum Gasteiger partial charge on any atom is -0.508 e. The Morgan fingerprint density at radius 3 is 1.89 bits per heavy atom. The standard InChI is InChI=1S/C14H11N3O/c18-12-8-6-11(7-9-12)14-13(15-17-16-14)10-4-2-1-3-5-10/h1-9,18H,(H,15,16,17). The highest BCUT2D eigenvalue weighted by Gasteiger charge is 2.11. The van der Waals surface area contributed by atoms with E-state index in [0.717, 1.165) is 22.5 Å². The van der Waals surface area contributed by atoms with Crippen LogP contribution in [0.4, 0.5) is 0 Å². The van der Waals surface area contributed by atoms with E-state index < -0.39 is 0 Å². The lowest BCUT2D eigenvalue weighted by Gasteiger charge is -2.01. The first-order chi connectivity index (χ1) is 8.84. The molecule has 0 bridgehead atoms. The first-order valence-electron chi connectivity index (χ1n) is 5.60. The summed E-state index contributed by atoms with van der Waals surface area (Å²) in [4.78, 5) is 0. The zero-order chi connectivity index (χ0) is 12.4. The second-order valence-corrected chi connectivity index (χ2v) is 3.93. The van der Waals surface area contributed by atoms with E-state index in [9.17, 15) is 5.11 Å². The molecule has 1 heterocycles. The highest BCUT2D eigenvalue weighted by atomic mass is 16.3. The maximum absolute atomic E-state index is 9.30. The van der Waals surface area contributed by atoms with Crippen LogP contribution in [-0.4, -0.2) is 20.5 Å². The van der Waals surface area contributed by atoms with Crippen molar-refractivity contribution in [1.29, 1.82) is 0 Å². The molecule has 0 atom stereocenters. The predicted molar refractivity (Wildman–Crippen MR) is 68.9 cm³/mol. The summed E-state index contributed by atoms with van der Waals surface area (Å²) in [6, 6.07) is 16.8. The monoisotopic (exact) mass is 237 g/mol. The Balaban J connectivity index is 2.10. The number of H-pyrrole nitrogens is 1. The summed E-state index contributed by atoms with van der Waals surface area (Å²) in [7, 11) is 0. The molecule has 0 amide bonds. The lowest BCUT2D eigenvalue weighted by Crippen LogP contribution is -1.83. The van der Waals surface area contributed by atoms with Crippen LogP contribution in [0.3, 0.4) is 0 Å². The average Bonchev–Trinajstić information content (AvgIpc) is 2.90. The maximum Gasteiger partial charge on any atom is 0.120 e. The molecule has 2 N–H and O–H groups in total. The molecule has 18 heavy (non-hydrogen) atoms. The van der Waals surface area contributed by atoms with Crippen LogP contribution in [0.15, 0.2) is 54.6 Å². The molecule has 0 unspecified atom stereocenters. The lowest BCUT2D eigenvalue weighted by atomic mass is 10.1.